The third kappa shape index (κ3) is 2.80. The van der Waals surface area contributed by atoms with E-state index in [0.717, 1.165) is 37.8 Å². The van der Waals surface area contributed by atoms with Crippen molar-refractivity contribution in [3.05, 3.63) is 35.4 Å². The zero-order valence-electron chi connectivity index (χ0n) is 9.37. The lowest BCUT2D eigenvalue weighted by atomic mass is 9.93. The van der Waals surface area contributed by atoms with E-state index in [4.69, 9.17) is 0 Å². The van der Waals surface area contributed by atoms with Crippen molar-refractivity contribution in [1.29, 1.82) is 0 Å². The molecular formula is C13H15F3O. The average Bonchev–Trinajstić information content (AvgIpc) is 2.80. The van der Waals surface area contributed by atoms with Crippen molar-refractivity contribution in [3.8, 4) is 0 Å². The van der Waals surface area contributed by atoms with Crippen LogP contribution in [0.15, 0.2) is 24.3 Å². The van der Waals surface area contributed by atoms with Gasteiger partial charge in [0.25, 0.3) is 0 Å². The van der Waals surface area contributed by atoms with Crippen molar-refractivity contribution < 1.29 is 18.3 Å². The first kappa shape index (κ1) is 12.4. The quantitative estimate of drug-likeness (QED) is 0.835. The SMILES string of the molecule is OC(c1cccc(C(F)(F)F)c1)C1CCCC1. The molecule has 1 atom stereocenters. The van der Waals surface area contributed by atoms with Crippen LogP contribution in [0, 0.1) is 5.92 Å². The molecule has 1 N–H and O–H groups in total. The Balaban J connectivity index is 2.20. The molecule has 17 heavy (non-hydrogen) atoms. The summed E-state index contributed by atoms with van der Waals surface area (Å²) in [6, 6.07) is 5.02. The molecule has 0 saturated heterocycles. The number of aliphatic hydroxyl groups is 1. The van der Waals surface area contributed by atoms with Gasteiger partial charge in [0.05, 0.1) is 11.7 Å². The van der Waals surface area contributed by atoms with Gasteiger partial charge < -0.3 is 5.11 Å². The molecule has 0 aromatic heterocycles. The van der Waals surface area contributed by atoms with Crippen LogP contribution >= 0.6 is 0 Å². The van der Waals surface area contributed by atoms with Crippen LogP contribution in [-0.4, -0.2) is 5.11 Å². The van der Waals surface area contributed by atoms with E-state index in [0.29, 0.717) is 5.56 Å². The maximum Gasteiger partial charge on any atom is 0.416 e. The van der Waals surface area contributed by atoms with Crippen LogP contribution in [0.1, 0.15) is 42.9 Å². The Kier molecular flexibility index (Phi) is 3.43. The fourth-order valence-electron chi connectivity index (χ4n) is 2.44. The van der Waals surface area contributed by atoms with Crippen LogP contribution in [0.25, 0.3) is 0 Å². The lowest BCUT2D eigenvalue weighted by Gasteiger charge is -2.19. The summed E-state index contributed by atoms with van der Waals surface area (Å²) in [5, 5.41) is 10.0. The monoisotopic (exact) mass is 244 g/mol. The van der Waals surface area contributed by atoms with Gasteiger partial charge in [0.2, 0.25) is 0 Å². The van der Waals surface area contributed by atoms with Gasteiger partial charge in [0.15, 0.2) is 0 Å². The Morgan fingerprint density at radius 3 is 2.41 bits per heavy atom. The van der Waals surface area contributed by atoms with Crippen LogP contribution in [0.5, 0.6) is 0 Å². The summed E-state index contributed by atoms with van der Waals surface area (Å²) in [5.41, 5.74) is -0.307. The molecular weight excluding hydrogens is 229 g/mol. The van der Waals surface area contributed by atoms with Gasteiger partial charge >= 0.3 is 6.18 Å². The highest BCUT2D eigenvalue weighted by Gasteiger charge is 2.32. The lowest BCUT2D eigenvalue weighted by molar-refractivity contribution is -0.137. The van der Waals surface area contributed by atoms with Gasteiger partial charge in [-0.15, -0.1) is 0 Å². The molecule has 0 radical (unpaired) electrons. The molecule has 1 aromatic carbocycles. The molecule has 1 nitrogen and oxygen atoms in total. The standard InChI is InChI=1S/C13H15F3O/c14-13(15,16)11-7-3-6-10(8-11)12(17)9-4-1-2-5-9/h3,6-9,12,17H,1-2,4-5H2. The minimum Gasteiger partial charge on any atom is -0.388 e. The first-order chi connectivity index (χ1) is 7.98. The van der Waals surface area contributed by atoms with E-state index in [9.17, 15) is 18.3 Å². The fraction of sp³-hybridized carbons (Fsp3) is 0.538. The van der Waals surface area contributed by atoms with Gasteiger partial charge in [-0.1, -0.05) is 25.0 Å². The van der Waals surface area contributed by atoms with Crippen LogP contribution < -0.4 is 0 Å². The maximum absolute atomic E-state index is 12.5. The number of halogens is 3. The van der Waals surface area contributed by atoms with E-state index in [1.165, 1.54) is 6.07 Å². The molecule has 0 spiro atoms. The zero-order valence-corrected chi connectivity index (χ0v) is 9.37. The van der Waals surface area contributed by atoms with E-state index in [1.807, 2.05) is 0 Å². The van der Waals surface area contributed by atoms with Gasteiger partial charge in [0, 0.05) is 0 Å². The largest absolute Gasteiger partial charge is 0.416 e. The van der Waals surface area contributed by atoms with Crippen LogP contribution in [0.3, 0.4) is 0 Å². The lowest BCUT2D eigenvalue weighted by Crippen LogP contribution is -2.11. The summed E-state index contributed by atoms with van der Waals surface area (Å²) in [6.07, 6.45) is -1.19. The van der Waals surface area contributed by atoms with Crippen LogP contribution in [-0.2, 0) is 6.18 Å². The number of alkyl halides is 3. The Morgan fingerprint density at radius 1 is 1.18 bits per heavy atom. The molecule has 2 rings (SSSR count). The average molecular weight is 244 g/mol. The predicted molar refractivity (Wildman–Crippen MR) is 58.4 cm³/mol. The molecule has 1 aliphatic rings. The molecule has 0 bridgehead atoms. The van der Waals surface area contributed by atoms with Gasteiger partial charge in [-0.25, -0.2) is 0 Å². The van der Waals surface area contributed by atoms with Gasteiger partial charge in [-0.05, 0) is 36.5 Å². The van der Waals surface area contributed by atoms with Crippen molar-refractivity contribution >= 4 is 0 Å². The third-order valence-electron chi connectivity index (χ3n) is 3.40. The van der Waals surface area contributed by atoms with E-state index in [-0.39, 0.29) is 5.92 Å². The maximum atomic E-state index is 12.5. The first-order valence-corrected chi connectivity index (χ1v) is 5.84. The Labute approximate surface area is 98.3 Å². The van der Waals surface area contributed by atoms with Crippen molar-refractivity contribution in [2.45, 2.75) is 38.0 Å². The van der Waals surface area contributed by atoms with Crippen molar-refractivity contribution in [2.24, 2.45) is 5.92 Å². The molecule has 1 aromatic rings. The van der Waals surface area contributed by atoms with E-state index in [2.05, 4.69) is 0 Å². The Morgan fingerprint density at radius 2 is 1.82 bits per heavy atom. The molecule has 0 amide bonds. The topological polar surface area (TPSA) is 20.2 Å². The van der Waals surface area contributed by atoms with Crippen LogP contribution in [0.4, 0.5) is 13.2 Å². The first-order valence-electron chi connectivity index (χ1n) is 5.84. The highest BCUT2D eigenvalue weighted by Crippen LogP contribution is 2.37. The number of rotatable bonds is 2. The van der Waals surface area contributed by atoms with Gasteiger partial charge in [-0.3, -0.25) is 0 Å². The zero-order chi connectivity index (χ0) is 12.5. The van der Waals surface area contributed by atoms with E-state index in [1.54, 1.807) is 6.07 Å². The van der Waals surface area contributed by atoms with Crippen molar-refractivity contribution in [3.63, 3.8) is 0 Å². The normalized spacial score (nSPS) is 19.5. The summed E-state index contributed by atoms with van der Waals surface area (Å²) < 4.78 is 37.6. The Hall–Kier alpha value is -1.03. The second-order valence-electron chi connectivity index (χ2n) is 4.61. The molecule has 4 heteroatoms. The van der Waals surface area contributed by atoms with Gasteiger partial charge in [0.1, 0.15) is 0 Å². The van der Waals surface area contributed by atoms with E-state index < -0.39 is 17.8 Å². The fourth-order valence-corrected chi connectivity index (χ4v) is 2.44. The Bertz CT molecular complexity index is 380. The van der Waals surface area contributed by atoms with Crippen molar-refractivity contribution in [1.82, 2.24) is 0 Å². The molecule has 1 aliphatic carbocycles. The predicted octanol–water partition coefficient (Wildman–Crippen LogP) is 3.93. The third-order valence-corrected chi connectivity index (χ3v) is 3.40. The summed E-state index contributed by atoms with van der Waals surface area (Å²) in [4.78, 5) is 0. The summed E-state index contributed by atoms with van der Waals surface area (Å²) >= 11 is 0. The number of benzene rings is 1. The molecule has 1 fully saturated rings. The smallest absolute Gasteiger partial charge is 0.388 e. The number of aliphatic hydroxyl groups excluding tert-OH is 1. The summed E-state index contributed by atoms with van der Waals surface area (Å²) in [7, 11) is 0. The highest BCUT2D eigenvalue weighted by atomic mass is 19.4. The number of hydrogen-bond donors (Lipinski definition) is 1. The number of hydrogen-bond acceptors (Lipinski definition) is 1. The van der Waals surface area contributed by atoms with Gasteiger partial charge in [-0.2, -0.15) is 13.2 Å². The van der Waals surface area contributed by atoms with E-state index >= 15 is 0 Å². The minimum absolute atomic E-state index is 0.110. The minimum atomic E-state index is -4.34. The highest BCUT2D eigenvalue weighted by molar-refractivity contribution is 5.27. The molecule has 94 valence electrons. The molecule has 0 heterocycles. The second-order valence-corrected chi connectivity index (χ2v) is 4.61. The second kappa shape index (κ2) is 4.69. The summed E-state index contributed by atoms with van der Waals surface area (Å²) in [5.74, 6) is 0.110. The molecule has 1 unspecified atom stereocenters. The molecule has 1 saturated carbocycles. The van der Waals surface area contributed by atoms with Crippen molar-refractivity contribution in [2.75, 3.05) is 0 Å². The molecule has 0 aliphatic heterocycles. The summed E-state index contributed by atoms with van der Waals surface area (Å²) in [6.45, 7) is 0. The van der Waals surface area contributed by atoms with Crippen LogP contribution in [0.2, 0.25) is 0 Å².